The molecule has 10 heteroatoms. The van der Waals surface area contributed by atoms with Crippen LogP contribution in [-0.2, 0) is 25.7 Å². The van der Waals surface area contributed by atoms with Crippen molar-refractivity contribution in [2.75, 3.05) is 52.0 Å². The van der Waals surface area contributed by atoms with E-state index in [1.165, 1.54) is 6.92 Å². The molecule has 3 N–H and O–H groups in total. The Morgan fingerprint density at radius 2 is 1.91 bits per heavy atom. The van der Waals surface area contributed by atoms with Gasteiger partial charge in [0.25, 0.3) is 0 Å². The molecule has 4 rings (SSSR count). The van der Waals surface area contributed by atoms with Gasteiger partial charge in [0.2, 0.25) is 11.8 Å². The number of likely N-dealkylation sites (tertiary alicyclic amines) is 1. The van der Waals surface area contributed by atoms with Crippen molar-refractivity contribution < 1.29 is 28.5 Å². The number of hydrogen-bond acceptors (Lipinski definition) is 8. The number of amides is 2. The maximum Gasteiger partial charge on any atom is 0.239 e. The summed E-state index contributed by atoms with van der Waals surface area (Å²) in [4.78, 5) is 29.7. The molecule has 0 bridgehead atoms. The number of carbonyl (C=O) groups excluding carboxylic acids is 2. The van der Waals surface area contributed by atoms with E-state index < -0.39 is 11.6 Å². The fourth-order valence-electron chi connectivity index (χ4n) is 6.50. The summed E-state index contributed by atoms with van der Waals surface area (Å²) in [6, 6.07) is 13.5. The lowest BCUT2D eigenvalue weighted by Gasteiger charge is -2.47. The van der Waals surface area contributed by atoms with Crippen molar-refractivity contribution in [1.29, 1.82) is 0 Å². The highest BCUT2D eigenvalue weighted by Crippen LogP contribution is 2.39. The van der Waals surface area contributed by atoms with Crippen molar-refractivity contribution in [3.8, 4) is 11.5 Å². The molecule has 2 heterocycles. The first-order valence-electron chi connectivity index (χ1n) is 15.6. The highest BCUT2D eigenvalue weighted by atomic mass is 16.5. The van der Waals surface area contributed by atoms with Gasteiger partial charge in [-0.1, -0.05) is 18.2 Å². The van der Waals surface area contributed by atoms with E-state index in [1.807, 2.05) is 43.0 Å². The monoisotopic (exact) mass is 610 g/mol. The molecule has 1 saturated heterocycles. The Kier molecular flexibility index (Phi) is 11.5. The van der Waals surface area contributed by atoms with E-state index in [0.717, 1.165) is 47.8 Å². The molecule has 2 aliphatic heterocycles. The van der Waals surface area contributed by atoms with E-state index in [1.54, 1.807) is 21.1 Å². The zero-order valence-corrected chi connectivity index (χ0v) is 27.1. The first kappa shape index (κ1) is 33.6. The Morgan fingerprint density at radius 1 is 1.16 bits per heavy atom. The summed E-state index contributed by atoms with van der Waals surface area (Å²) in [6.45, 7) is 11.1. The number of nitrogens with two attached hydrogens (primary N) is 1. The van der Waals surface area contributed by atoms with Crippen molar-refractivity contribution in [2.24, 2.45) is 5.73 Å². The van der Waals surface area contributed by atoms with E-state index >= 15 is 0 Å². The Morgan fingerprint density at radius 3 is 2.57 bits per heavy atom. The van der Waals surface area contributed by atoms with Crippen molar-refractivity contribution >= 4 is 17.5 Å². The van der Waals surface area contributed by atoms with Gasteiger partial charge in [-0.2, -0.15) is 0 Å². The molecule has 0 aromatic heterocycles. The Labute approximate surface area is 262 Å². The van der Waals surface area contributed by atoms with Crippen LogP contribution in [0.2, 0.25) is 0 Å². The molecule has 44 heavy (non-hydrogen) atoms. The van der Waals surface area contributed by atoms with Gasteiger partial charge in [-0.05, 0) is 75.4 Å². The molecule has 0 saturated carbocycles. The summed E-state index contributed by atoms with van der Waals surface area (Å²) in [6.07, 6.45) is 1.93. The minimum Gasteiger partial charge on any atom is -0.497 e. The number of carbonyl (C=O) groups is 2. The number of nitrogens with zero attached hydrogens (tertiary/aromatic N) is 2. The van der Waals surface area contributed by atoms with Gasteiger partial charge in [0.1, 0.15) is 18.1 Å². The Bertz CT molecular complexity index is 1250. The van der Waals surface area contributed by atoms with Gasteiger partial charge in [0.05, 0.1) is 38.1 Å². The number of hydrogen-bond donors (Lipinski definition) is 2. The SMILES string of the molecule is COCCCN1CCOc2ccc(CO[C@H]3CN(C(=O)[C@H](C)N)[C@@H](CC(C)(C)NC(C)=O)C[C@@H]3c3ccc(OC)cc3)cc21. The molecule has 0 radical (unpaired) electrons. The molecule has 4 atom stereocenters. The third kappa shape index (κ3) is 8.64. The van der Waals surface area contributed by atoms with Crippen molar-refractivity contribution in [3.05, 3.63) is 53.6 Å². The third-order valence-electron chi connectivity index (χ3n) is 8.49. The van der Waals surface area contributed by atoms with E-state index in [0.29, 0.717) is 39.2 Å². The second kappa shape index (κ2) is 15.1. The Balaban J connectivity index is 1.60. The number of ether oxygens (including phenoxy) is 4. The molecular weight excluding hydrogens is 560 g/mol. The predicted molar refractivity (Wildman–Crippen MR) is 171 cm³/mol. The summed E-state index contributed by atoms with van der Waals surface area (Å²) in [5, 5.41) is 3.05. The van der Waals surface area contributed by atoms with E-state index in [4.69, 9.17) is 24.7 Å². The average Bonchev–Trinajstić information content (AvgIpc) is 2.99. The van der Waals surface area contributed by atoms with Crippen LogP contribution in [0.3, 0.4) is 0 Å². The van der Waals surface area contributed by atoms with Crippen LogP contribution in [0.15, 0.2) is 42.5 Å². The van der Waals surface area contributed by atoms with Crippen LogP contribution < -0.4 is 25.4 Å². The molecule has 2 amide bonds. The van der Waals surface area contributed by atoms with Gasteiger partial charge in [-0.15, -0.1) is 0 Å². The van der Waals surface area contributed by atoms with Gasteiger partial charge in [0.15, 0.2) is 0 Å². The number of fused-ring (bicyclic) bond motifs is 1. The first-order chi connectivity index (χ1) is 21.0. The molecule has 1 fully saturated rings. The molecule has 10 nitrogen and oxygen atoms in total. The normalized spacial score (nSPS) is 20.8. The number of piperidine rings is 1. The van der Waals surface area contributed by atoms with Gasteiger partial charge < -0.3 is 39.8 Å². The minimum absolute atomic E-state index is 0.0164. The third-order valence-corrected chi connectivity index (χ3v) is 8.49. The van der Waals surface area contributed by atoms with Crippen LogP contribution in [0.25, 0.3) is 0 Å². The molecule has 242 valence electrons. The molecule has 0 aliphatic carbocycles. The summed E-state index contributed by atoms with van der Waals surface area (Å²) >= 11 is 0. The largest absolute Gasteiger partial charge is 0.497 e. The van der Waals surface area contributed by atoms with Crippen LogP contribution in [0.1, 0.15) is 64.0 Å². The number of anilines is 1. The van der Waals surface area contributed by atoms with Crippen LogP contribution >= 0.6 is 0 Å². The molecule has 2 aromatic rings. The second-order valence-electron chi connectivity index (χ2n) is 12.7. The summed E-state index contributed by atoms with van der Waals surface area (Å²) < 4.78 is 23.3. The predicted octanol–water partition coefficient (Wildman–Crippen LogP) is 3.85. The quantitative estimate of drug-likeness (QED) is 0.329. The highest BCUT2D eigenvalue weighted by Gasteiger charge is 2.42. The smallest absolute Gasteiger partial charge is 0.239 e. The lowest BCUT2D eigenvalue weighted by atomic mass is 9.79. The zero-order valence-electron chi connectivity index (χ0n) is 27.1. The highest BCUT2D eigenvalue weighted by molar-refractivity contribution is 5.81. The average molecular weight is 611 g/mol. The standard InChI is InChI=1S/C34H50N4O6/c1-23(35)33(40)38-21-32(44-22-25-8-13-31-30(18-25)37(15-17-43-31)14-7-16-41-5)29(26-9-11-28(42-6)12-10-26)19-27(38)20-34(3,4)36-24(2)39/h8-13,18,23,27,29,32H,7,14-17,19-22,35H2,1-6H3,(H,36,39)/t23-,27+,29+,32-/m0/s1. The topological polar surface area (TPSA) is 116 Å². The Hall–Kier alpha value is -3.34. The summed E-state index contributed by atoms with van der Waals surface area (Å²) in [7, 11) is 3.38. The van der Waals surface area contributed by atoms with Crippen LogP contribution in [-0.4, -0.2) is 87.5 Å². The molecule has 2 aromatic carbocycles. The second-order valence-corrected chi connectivity index (χ2v) is 12.7. The van der Waals surface area contributed by atoms with Gasteiger partial charge in [-0.3, -0.25) is 9.59 Å². The number of rotatable bonds is 13. The van der Waals surface area contributed by atoms with Crippen molar-refractivity contribution in [2.45, 2.75) is 83.2 Å². The summed E-state index contributed by atoms with van der Waals surface area (Å²) in [5.74, 6) is 1.46. The fraction of sp³-hybridized carbons (Fsp3) is 0.588. The molecular formula is C34H50N4O6. The maximum atomic E-state index is 13.5. The molecule has 0 spiro atoms. The van der Waals surface area contributed by atoms with Crippen molar-refractivity contribution in [3.63, 3.8) is 0 Å². The van der Waals surface area contributed by atoms with Crippen LogP contribution in [0.4, 0.5) is 5.69 Å². The molecule has 0 unspecified atom stereocenters. The fourth-order valence-corrected chi connectivity index (χ4v) is 6.50. The maximum absolute atomic E-state index is 13.5. The van der Waals surface area contributed by atoms with E-state index in [2.05, 4.69) is 28.4 Å². The van der Waals surface area contributed by atoms with E-state index in [-0.39, 0.29) is 29.9 Å². The van der Waals surface area contributed by atoms with Crippen LogP contribution in [0.5, 0.6) is 11.5 Å². The zero-order chi connectivity index (χ0) is 31.9. The van der Waals surface area contributed by atoms with Crippen LogP contribution in [0, 0.1) is 0 Å². The minimum atomic E-state index is -0.649. The van der Waals surface area contributed by atoms with Crippen molar-refractivity contribution in [1.82, 2.24) is 10.2 Å². The van der Waals surface area contributed by atoms with Gasteiger partial charge >= 0.3 is 0 Å². The lowest BCUT2D eigenvalue weighted by molar-refractivity contribution is -0.142. The number of nitrogens with one attached hydrogen (secondary N) is 1. The number of benzene rings is 2. The first-order valence-corrected chi connectivity index (χ1v) is 15.6. The van der Waals surface area contributed by atoms with E-state index in [9.17, 15) is 9.59 Å². The lowest BCUT2D eigenvalue weighted by Crippen LogP contribution is -2.58. The summed E-state index contributed by atoms with van der Waals surface area (Å²) in [5.41, 5.74) is 8.86. The van der Waals surface area contributed by atoms with Gasteiger partial charge in [0, 0.05) is 51.2 Å². The molecule has 2 aliphatic rings. The number of methoxy groups -OCH3 is 2. The van der Waals surface area contributed by atoms with Gasteiger partial charge in [-0.25, -0.2) is 0 Å².